The van der Waals surface area contributed by atoms with Crippen molar-refractivity contribution in [3.05, 3.63) is 36.0 Å². The number of aromatic nitrogens is 2. The molecule has 2 N–H and O–H groups in total. The van der Waals surface area contributed by atoms with Crippen molar-refractivity contribution in [3.63, 3.8) is 0 Å². The Morgan fingerprint density at radius 2 is 2.26 bits per heavy atom. The number of nitrogens with zero attached hydrogens (tertiary/aromatic N) is 1. The molecule has 0 spiro atoms. The van der Waals surface area contributed by atoms with Gasteiger partial charge in [-0.1, -0.05) is 0 Å². The minimum Gasteiger partial charge on any atom is -0.497 e. The van der Waals surface area contributed by atoms with Gasteiger partial charge in [-0.05, 0) is 29.7 Å². The summed E-state index contributed by atoms with van der Waals surface area (Å²) in [6, 6.07) is 7.70. The van der Waals surface area contributed by atoms with E-state index in [9.17, 15) is 4.79 Å². The molecule has 3 rings (SSSR count). The molecule has 0 saturated carbocycles. The number of fused-ring (bicyclic) bond motifs is 1. The fraction of sp³-hybridized carbons (Fsp3) is 0.0769. The van der Waals surface area contributed by atoms with Crippen LogP contribution in [0.1, 0.15) is 10.4 Å². The van der Waals surface area contributed by atoms with Gasteiger partial charge in [-0.25, -0.2) is 4.79 Å². The van der Waals surface area contributed by atoms with Gasteiger partial charge in [-0.2, -0.15) is 5.10 Å². The predicted octanol–water partition coefficient (Wildman–Crippen LogP) is 3.00. The number of thiophene rings is 1. The predicted molar refractivity (Wildman–Crippen MR) is 72.9 cm³/mol. The lowest BCUT2D eigenvalue weighted by Crippen LogP contribution is -1.95. The van der Waals surface area contributed by atoms with Gasteiger partial charge in [-0.15, -0.1) is 11.3 Å². The van der Waals surface area contributed by atoms with Crippen LogP contribution < -0.4 is 4.74 Å². The van der Waals surface area contributed by atoms with Crippen LogP contribution in [0.25, 0.3) is 20.7 Å². The third-order valence-corrected chi connectivity index (χ3v) is 3.97. The van der Waals surface area contributed by atoms with E-state index in [4.69, 9.17) is 9.84 Å². The number of carboxylic acids is 1. The number of hydrogen-bond acceptors (Lipinski definition) is 4. The van der Waals surface area contributed by atoms with Crippen LogP contribution in [-0.2, 0) is 0 Å². The van der Waals surface area contributed by atoms with E-state index < -0.39 is 5.97 Å². The summed E-state index contributed by atoms with van der Waals surface area (Å²) in [5.74, 6) is -0.210. The van der Waals surface area contributed by atoms with Crippen molar-refractivity contribution in [2.45, 2.75) is 0 Å². The second-order valence-electron chi connectivity index (χ2n) is 3.98. The molecule has 0 aliphatic carbocycles. The Kier molecular flexibility index (Phi) is 2.72. The van der Waals surface area contributed by atoms with Crippen molar-refractivity contribution < 1.29 is 14.6 Å². The average Bonchev–Trinajstić information content (AvgIpc) is 3.03. The van der Waals surface area contributed by atoms with Crippen molar-refractivity contribution in [2.75, 3.05) is 7.11 Å². The zero-order chi connectivity index (χ0) is 13.4. The molecule has 96 valence electrons. The lowest BCUT2D eigenvalue weighted by Gasteiger charge is -1.97. The fourth-order valence-corrected chi connectivity index (χ4v) is 2.96. The highest BCUT2D eigenvalue weighted by atomic mass is 32.1. The first kappa shape index (κ1) is 11.7. The van der Waals surface area contributed by atoms with E-state index in [1.807, 2.05) is 24.3 Å². The summed E-state index contributed by atoms with van der Waals surface area (Å²) in [7, 11) is 1.62. The molecule has 0 aliphatic rings. The van der Waals surface area contributed by atoms with Crippen LogP contribution in [0.5, 0.6) is 5.75 Å². The molecule has 1 aromatic carbocycles. The van der Waals surface area contributed by atoms with E-state index in [0.29, 0.717) is 5.69 Å². The van der Waals surface area contributed by atoms with Crippen LogP contribution in [0.2, 0.25) is 0 Å². The number of benzene rings is 1. The fourth-order valence-electron chi connectivity index (χ4n) is 1.91. The van der Waals surface area contributed by atoms with Gasteiger partial charge in [0.2, 0.25) is 0 Å². The van der Waals surface area contributed by atoms with Crippen molar-refractivity contribution in [2.24, 2.45) is 0 Å². The summed E-state index contributed by atoms with van der Waals surface area (Å²) in [6.07, 6.45) is 1.32. The SMILES string of the molecule is COc1ccc2sc(-c3[nH]ncc3C(=O)O)cc2c1. The van der Waals surface area contributed by atoms with Gasteiger partial charge < -0.3 is 9.84 Å². The van der Waals surface area contributed by atoms with E-state index in [2.05, 4.69) is 10.2 Å². The summed E-state index contributed by atoms with van der Waals surface area (Å²) >= 11 is 1.52. The van der Waals surface area contributed by atoms with Gasteiger partial charge in [0.25, 0.3) is 0 Å². The topological polar surface area (TPSA) is 75.2 Å². The average molecular weight is 274 g/mol. The third-order valence-electron chi connectivity index (χ3n) is 2.84. The molecule has 0 aliphatic heterocycles. The first-order valence-corrected chi connectivity index (χ1v) is 6.35. The minimum atomic E-state index is -0.987. The summed E-state index contributed by atoms with van der Waals surface area (Å²) in [6.45, 7) is 0. The van der Waals surface area contributed by atoms with Crippen LogP contribution in [0, 0.1) is 0 Å². The minimum absolute atomic E-state index is 0.179. The monoisotopic (exact) mass is 274 g/mol. The zero-order valence-corrected chi connectivity index (χ0v) is 10.8. The summed E-state index contributed by atoms with van der Waals surface area (Å²) < 4.78 is 6.25. The third kappa shape index (κ3) is 1.96. The molecular weight excluding hydrogens is 264 g/mol. The van der Waals surface area contributed by atoms with Crippen LogP contribution >= 0.6 is 11.3 Å². The highest BCUT2D eigenvalue weighted by molar-refractivity contribution is 7.22. The number of rotatable bonds is 3. The van der Waals surface area contributed by atoms with Gasteiger partial charge >= 0.3 is 5.97 Å². The molecule has 0 amide bonds. The van der Waals surface area contributed by atoms with E-state index in [-0.39, 0.29) is 5.56 Å². The molecule has 2 aromatic heterocycles. The number of ether oxygens (including phenoxy) is 1. The van der Waals surface area contributed by atoms with Gasteiger partial charge in [0.1, 0.15) is 11.3 Å². The Morgan fingerprint density at radius 3 is 3.00 bits per heavy atom. The van der Waals surface area contributed by atoms with Gasteiger partial charge in [-0.3, -0.25) is 5.10 Å². The Morgan fingerprint density at radius 1 is 1.42 bits per heavy atom. The highest BCUT2D eigenvalue weighted by Crippen LogP contribution is 2.35. The number of hydrogen-bond donors (Lipinski definition) is 2. The molecule has 6 heteroatoms. The summed E-state index contributed by atoms with van der Waals surface area (Å²) in [4.78, 5) is 11.9. The molecule has 0 radical (unpaired) electrons. The zero-order valence-electron chi connectivity index (χ0n) is 10.0. The van der Waals surface area contributed by atoms with Crippen molar-refractivity contribution >= 4 is 27.4 Å². The van der Waals surface area contributed by atoms with E-state index in [1.54, 1.807) is 7.11 Å². The second kappa shape index (κ2) is 4.40. The Hall–Kier alpha value is -2.34. The number of aromatic carboxylic acids is 1. The highest BCUT2D eigenvalue weighted by Gasteiger charge is 2.16. The number of methoxy groups -OCH3 is 1. The Labute approximate surface area is 112 Å². The van der Waals surface area contributed by atoms with Crippen LogP contribution in [0.15, 0.2) is 30.5 Å². The smallest absolute Gasteiger partial charge is 0.339 e. The molecule has 3 aromatic rings. The van der Waals surface area contributed by atoms with Crippen molar-refractivity contribution in [3.8, 4) is 16.3 Å². The molecule has 0 saturated heterocycles. The van der Waals surface area contributed by atoms with Crippen molar-refractivity contribution in [1.82, 2.24) is 10.2 Å². The molecule has 19 heavy (non-hydrogen) atoms. The maximum Gasteiger partial charge on any atom is 0.339 e. The molecule has 0 bridgehead atoms. The van der Waals surface area contributed by atoms with Crippen LogP contribution in [0.4, 0.5) is 0 Å². The first-order valence-electron chi connectivity index (χ1n) is 5.53. The lowest BCUT2D eigenvalue weighted by molar-refractivity contribution is 0.0698. The molecule has 5 nitrogen and oxygen atoms in total. The van der Waals surface area contributed by atoms with E-state index in [0.717, 1.165) is 20.7 Å². The molecule has 0 fully saturated rings. The maximum absolute atomic E-state index is 11.1. The molecular formula is C13H10N2O3S. The number of nitrogens with one attached hydrogen (secondary N) is 1. The molecule has 0 atom stereocenters. The second-order valence-corrected chi connectivity index (χ2v) is 5.06. The largest absolute Gasteiger partial charge is 0.497 e. The maximum atomic E-state index is 11.1. The van der Waals surface area contributed by atoms with E-state index >= 15 is 0 Å². The van der Waals surface area contributed by atoms with Gasteiger partial charge in [0.15, 0.2) is 0 Å². The van der Waals surface area contributed by atoms with Crippen molar-refractivity contribution in [1.29, 1.82) is 0 Å². The molecule has 2 heterocycles. The number of H-pyrrole nitrogens is 1. The number of aromatic amines is 1. The number of carbonyl (C=O) groups is 1. The standard InChI is InChI=1S/C13H10N2O3S/c1-18-8-2-3-10-7(4-8)5-11(19-10)12-9(13(16)17)6-14-15-12/h2-6H,1H3,(H,14,15)(H,16,17). The number of carboxylic acid groups (broad SMARTS) is 1. The van der Waals surface area contributed by atoms with Gasteiger partial charge in [0, 0.05) is 4.70 Å². The quantitative estimate of drug-likeness (QED) is 0.769. The Balaban J connectivity index is 2.15. The lowest BCUT2D eigenvalue weighted by atomic mass is 10.2. The summed E-state index contributed by atoms with van der Waals surface area (Å²) in [5.41, 5.74) is 0.714. The van der Waals surface area contributed by atoms with Crippen LogP contribution in [-0.4, -0.2) is 28.4 Å². The normalized spacial score (nSPS) is 10.8. The summed E-state index contributed by atoms with van der Waals surface area (Å²) in [5, 5.41) is 16.7. The first-order chi connectivity index (χ1) is 9.19. The Bertz CT molecular complexity index is 760. The van der Waals surface area contributed by atoms with E-state index in [1.165, 1.54) is 17.5 Å². The van der Waals surface area contributed by atoms with Crippen LogP contribution in [0.3, 0.4) is 0 Å². The van der Waals surface area contributed by atoms with Gasteiger partial charge in [0.05, 0.1) is 23.9 Å². The molecule has 0 unspecified atom stereocenters.